The number of carbonyl (C=O) groups is 1. The number of ether oxygens (including phenoxy) is 1. The molecular weight excluding hydrogens is 228 g/mol. The van der Waals surface area contributed by atoms with E-state index in [2.05, 4.69) is 24.5 Å². The van der Waals surface area contributed by atoms with E-state index in [1.165, 1.54) is 12.8 Å². The van der Waals surface area contributed by atoms with Crippen molar-refractivity contribution < 1.29 is 9.53 Å². The molecular formula is C14H26N2O2. The lowest BCUT2D eigenvalue weighted by Gasteiger charge is -2.32. The quantitative estimate of drug-likeness (QED) is 0.798. The highest BCUT2D eigenvalue weighted by Gasteiger charge is 2.28. The third-order valence-electron chi connectivity index (χ3n) is 4.02. The minimum atomic E-state index is -0.00624. The normalized spacial score (nSPS) is 37.2. The van der Waals surface area contributed by atoms with Gasteiger partial charge in [-0.3, -0.25) is 4.79 Å². The Labute approximate surface area is 110 Å². The Hall–Kier alpha value is -0.610. The van der Waals surface area contributed by atoms with Gasteiger partial charge in [-0.15, -0.1) is 0 Å². The molecule has 4 unspecified atom stereocenters. The summed E-state index contributed by atoms with van der Waals surface area (Å²) in [6.07, 6.45) is 4.42. The van der Waals surface area contributed by atoms with Gasteiger partial charge >= 0.3 is 0 Å². The van der Waals surface area contributed by atoms with Crippen molar-refractivity contribution in [2.75, 3.05) is 19.8 Å². The van der Waals surface area contributed by atoms with E-state index in [4.69, 9.17) is 4.74 Å². The fourth-order valence-electron chi connectivity index (χ4n) is 3.10. The van der Waals surface area contributed by atoms with Crippen molar-refractivity contribution in [3.63, 3.8) is 0 Å². The standard InChI is InChI=1S/C14H26N2O2/c1-10-6-11(2)16-13(7-10)14(17)15-8-12-4-3-5-18-9-12/h10-13,16H,3-9H2,1-2H3,(H,15,17). The summed E-state index contributed by atoms with van der Waals surface area (Å²) in [6.45, 7) is 6.83. The van der Waals surface area contributed by atoms with Gasteiger partial charge in [0.05, 0.1) is 12.6 Å². The van der Waals surface area contributed by atoms with Crippen molar-refractivity contribution in [2.24, 2.45) is 11.8 Å². The number of rotatable bonds is 3. The zero-order chi connectivity index (χ0) is 13.0. The predicted octanol–water partition coefficient (Wildman–Crippen LogP) is 1.31. The average Bonchev–Trinajstić information content (AvgIpc) is 2.36. The van der Waals surface area contributed by atoms with Gasteiger partial charge < -0.3 is 15.4 Å². The van der Waals surface area contributed by atoms with Gasteiger partial charge in [-0.1, -0.05) is 6.92 Å². The van der Waals surface area contributed by atoms with Gasteiger partial charge in [0.15, 0.2) is 0 Å². The van der Waals surface area contributed by atoms with E-state index in [9.17, 15) is 4.79 Å². The van der Waals surface area contributed by atoms with Crippen molar-refractivity contribution in [1.82, 2.24) is 10.6 Å². The van der Waals surface area contributed by atoms with E-state index in [-0.39, 0.29) is 11.9 Å². The molecule has 0 bridgehead atoms. The maximum Gasteiger partial charge on any atom is 0.237 e. The van der Waals surface area contributed by atoms with Crippen molar-refractivity contribution in [3.8, 4) is 0 Å². The number of nitrogens with one attached hydrogen (secondary N) is 2. The summed E-state index contributed by atoms with van der Waals surface area (Å²) < 4.78 is 5.43. The highest BCUT2D eigenvalue weighted by Crippen LogP contribution is 2.19. The number of hydrogen-bond acceptors (Lipinski definition) is 3. The van der Waals surface area contributed by atoms with Crippen molar-refractivity contribution in [3.05, 3.63) is 0 Å². The van der Waals surface area contributed by atoms with Crippen LogP contribution in [-0.2, 0) is 9.53 Å². The Morgan fingerprint density at radius 3 is 2.89 bits per heavy atom. The third kappa shape index (κ3) is 3.95. The summed E-state index contributed by atoms with van der Waals surface area (Å²) in [6, 6.07) is 0.441. The van der Waals surface area contributed by atoms with Crippen LogP contribution in [0.1, 0.15) is 39.5 Å². The lowest BCUT2D eigenvalue weighted by Crippen LogP contribution is -2.52. The lowest BCUT2D eigenvalue weighted by atomic mass is 9.89. The van der Waals surface area contributed by atoms with E-state index in [1.807, 2.05) is 0 Å². The second-order valence-electron chi connectivity index (χ2n) is 6.03. The molecule has 0 spiro atoms. The maximum absolute atomic E-state index is 12.1. The molecule has 0 aromatic rings. The molecule has 0 saturated carbocycles. The predicted molar refractivity (Wildman–Crippen MR) is 71.3 cm³/mol. The summed E-state index contributed by atoms with van der Waals surface area (Å²) in [4.78, 5) is 12.1. The van der Waals surface area contributed by atoms with E-state index in [0.717, 1.165) is 32.6 Å². The van der Waals surface area contributed by atoms with Gasteiger partial charge in [-0.05, 0) is 44.4 Å². The summed E-state index contributed by atoms with van der Waals surface area (Å²) >= 11 is 0. The van der Waals surface area contributed by atoms with Gasteiger partial charge in [0, 0.05) is 19.2 Å². The van der Waals surface area contributed by atoms with Gasteiger partial charge in [0.1, 0.15) is 0 Å². The Kier molecular flexibility index (Phi) is 5.01. The minimum Gasteiger partial charge on any atom is -0.381 e. The molecule has 0 aromatic heterocycles. The van der Waals surface area contributed by atoms with Crippen molar-refractivity contribution >= 4 is 5.91 Å². The molecule has 4 atom stereocenters. The lowest BCUT2D eigenvalue weighted by molar-refractivity contribution is -0.124. The van der Waals surface area contributed by atoms with E-state index in [1.54, 1.807) is 0 Å². The summed E-state index contributed by atoms with van der Waals surface area (Å²) in [7, 11) is 0. The van der Waals surface area contributed by atoms with Crippen LogP contribution in [0.2, 0.25) is 0 Å². The van der Waals surface area contributed by atoms with Crippen LogP contribution in [0.25, 0.3) is 0 Å². The van der Waals surface area contributed by atoms with Gasteiger partial charge in [-0.2, -0.15) is 0 Å². The van der Waals surface area contributed by atoms with Crippen LogP contribution >= 0.6 is 0 Å². The van der Waals surface area contributed by atoms with Crippen LogP contribution in [0, 0.1) is 11.8 Å². The van der Waals surface area contributed by atoms with Crippen molar-refractivity contribution in [2.45, 2.75) is 51.6 Å². The first-order valence-corrected chi connectivity index (χ1v) is 7.26. The van der Waals surface area contributed by atoms with Crippen LogP contribution in [-0.4, -0.2) is 37.7 Å². The molecule has 2 aliphatic heterocycles. The average molecular weight is 254 g/mol. The fraction of sp³-hybridized carbons (Fsp3) is 0.929. The highest BCUT2D eigenvalue weighted by molar-refractivity contribution is 5.81. The molecule has 2 saturated heterocycles. The molecule has 2 rings (SSSR count). The van der Waals surface area contributed by atoms with Crippen LogP contribution in [0.15, 0.2) is 0 Å². The van der Waals surface area contributed by atoms with Crippen LogP contribution in [0.5, 0.6) is 0 Å². The Bertz CT molecular complexity index is 267. The summed E-state index contributed by atoms with van der Waals surface area (Å²) in [5, 5.41) is 6.47. The molecule has 2 heterocycles. The molecule has 2 fully saturated rings. The molecule has 4 heteroatoms. The SMILES string of the molecule is CC1CC(C)NC(C(=O)NCC2CCCOC2)C1. The molecule has 0 aromatic carbocycles. The van der Waals surface area contributed by atoms with E-state index in [0.29, 0.717) is 17.9 Å². The molecule has 1 amide bonds. The Morgan fingerprint density at radius 1 is 1.39 bits per heavy atom. The second kappa shape index (κ2) is 6.53. The fourth-order valence-corrected chi connectivity index (χ4v) is 3.10. The molecule has 0 aliphatic carbocycles. The first kappa shape index (κ1) is 13.8. The molecule has 2 aliphatic rings. The maximum atomic E-state index is 12.1. The smallest absolute Gasteiger partial charge is 0.237 e. The Balaban J connectivity index is 1.73. The second-order valence-corrected chi connectivity index (χ2v) is 6.03. The molecule has 104 valence electrons. The van der Waals surface area contributed by atoms with Gasteiger partial charge in [0.25, 0.3) is 0 Å². The zero-order valence-corrected chi connectivity index (χ0v) is 11.6. The zero-order valence-electron chi connectivity index (χ0n) is 11.6. The summed E-state index contributed by atoms with van der Waals surface area (Å²) in [5.74, 6) is 1.30. The van der Waals surface area contributed by atoms with E-state index < -0.39 is 0 Å². The topological polar surface area (TPSA) is 50.4 Å². The number of carbonyl (C=O) groups excluding carboxylic acids is 1. The Morgan fingerprint density at radius 2 is 2.22 bits per heavy atom. The summed E-state index contributed by atoms with van der Waals surface area (Å²) in [5.41, 5.74) is 0. The first-order chi connectivity index (χ1) is 8.65. The highest BCUT2D eigenvalue weighted by atomic mass is 16.5. The number of piperidine rings is 1. The van der Waals surface area contributed by atoms with Crippen LogP contribution < -0.4 is 10.6 Å². The molecule has 18 heavy (non-hydrogen) atoms. The van der Waals surface area contributed by atoms with Gasteiger partial charge in [0.2, 0.25) is 5.91 Å². The monoisotopic (exact) mass is 254 g/mol. The van der Waals surface area contributed by atoms with Gasteiger partial charge in [-0.25, -0.2) is 0 Å². The molecule has 4 nitrogen and oxygen atoms in total. The minimum absolute atomic E-state index is 0.00624. The van der Waals surface area contributed by atoms with E-state index >= 15 is 0 Å². The third-order valence-corrected chi connectivity index (χ3v) is 4.02. The largest absolute Gasteiger partial charge is 0.381 e. The molecule has 2 N–H and O–H groups in total. The molecule has 0 radical (unpaired) electrons. The first-order valence-electron chi connectivity index (χ1n) is 7.26. The van der Waals surface area contributed by atoms with Crippen molar-refractivity contribution in [1.29, 1.82) is 0 Å². The number of hydrogen-bond donors (Lipinski definition) is 2. The van der Waals surface area contributed by atoms with Crippen LogP contribution in [0.3, 0.4) is 0 Å². The van der Waals surface area contributed by atoms with Crippen LogP contribution in [0.4, 0.5) is 0 Å². The number of amides is 1.